The van der Waals surface area contributed by atoms with Crippen molar-refractivity contribution >= 4 is 17.2 Å². The minimum Gasteiger partial charge on any atom is -0.388 e. The van der Waals surface area contributed by atoms with Crippen molar-refractivity contribution in [3.63, 3.8) is 0 Å². The number of aryl methyl sites for hydroxylation is 2. The van der Waals surface area contributed by atoms with Gasteiger partial charge in [0.05, 0.1) is 5.69 Å². The van der Waals surface area contributed by atoms with Crippen LogP contribution in [0.15, 0.2) is 12.1 Å². The van der Waals surface area contributed by atoms with Gasteiger partial charge < -0.3 is 5.73 Å². The molecule has 0 aliphatic rings. The Balaban J connectivity index is 3.19. The number of pyridine rings is 1. The zero-order valence-corrected chi connectivity index (χ0v) is 7.40. The van der Waals surface area contributed by atoms with Gasteiger partial charge >= 0.3 is 0 Å². The van der Waals surface area contributed by atoms with Gasteiger partial charge in [0.2, 0.25) is 0 Å². The van der Waals surface area contributed by atoms with E-state index in [0.29, 0.717) is 10.7 Å². The molecule has 1 rings (SSSR count). The van der Waals surface area contributed by atoms with E-state index >= 15 is 0 Å². The molecule has 0 spiro atoms. The second-order valence-corrected chi connectivity index (χ2v) is 2.98. The summed E-state index contributed by atoms with van der Waals surface area (Å²) in [6, 6.07) is 3.87. The number of hydrogen-bond acceptors (Lipinski definition) is 2. The molecular weight excluding hydrogens is 156 g/mol. The Labute approximate surface area is 71.4 Å². The molecule has 0 bridgehead atoms. The highest BCUT2D eigenvalue weighted by Crippen LogP contribution is 2.03. The van der Waals surface area contributed by atoms with Gasteiger partial charge in [0, 0.05) is 5.69 Å². The van der Waals surface area contributed by atoms with E-state index in [9.17, 15) is 0 Å². The van der Waals surface area contributed by atoms with Gasteiger partial charge in [-0.3, -0.25) is 4.98 Å². The Morgan fingerprint density at radius 1 is 1.45 bits per heavy atom. The van der Waals surface area contributed by atoms with Crippen molar-refractivity contribution in [1.82, 2.24) is 4.98 Å². The van der Waals surface area contributed by atoms with Crippen molar-refractivity contribution in [2.45, 2.75) is 13.8 Å². The zero-order valence-electron chi connectivity index (χ0n) is 6.59. The van der Waals surface area contributed by atoms with Gasteiger partial charge in [-0.1, -0.05) is 12.2 Å². The minimum atomic E-state index is 0.358. The SMILES string of the molecule is Cc1cc(C)nc(C(N)=S)c1. The van der Waals surface area contributed by atoms with Crippen LogP contribution in [0.5, 0.6) is 0 Å². The van der Waals surface area contributed by atoms with Crippen LogP contribution in [0.2, 0.25) is 0 Å². The maximum atomic E-state index is 5.42. The fraction of sp³-hybridized carbons (Fsp3) is 0.250. The predicted molar refractivity (Wildman–Crippen MR) is 49.6 cm³/mol. The first-order valence-electron chi connectivity index (χ1n) is 3.34. The first-order valence-corrected chi connectivity index (χ1v) is 3.75. The average Bonchev–Trinajstić information content (AvgIpc) is 1.85. The molecule has 2 nitrogen and oxygen atoms in total. The molecule has 0 aliphatic heterocycles. The molecule has 3 heteroatoms. The van der Waals surface area contributed by atoms with Crippen molar-refractivity contribution in [3.05, 3.63) is 29.1 Å². The van der Waals surface area contributed by atoms with Crippen molar-refractivity contribution in [2.24, 2.45) is 5.73 Å². The average molecular weight is 166 g/mol. The lowest BCUT2D eigenvalue weighted by Crippen LogP contribution is -2.12. The van der Waals surface area contributed by atoms with Gasteiger partial charge in [0.15, 0.2) is 0 Å². The summed E-state index contributed by atoms with van der Waals surface area (Å²) in [6.45, 7) is 3.92. The Bertz CT molecular complexity index is 274. The summed E-state index contributed by atoms with van der Waals surface area (Å²) in [5.41, 5.74) is 8.22. The molecule has 0 atom stereocenters. The van der Waals surface area contributed by atoms with Crippen LogP contribution in [0.4, 0.5) is 0 Å². The van der Waals surface area contributed by atoms with Gasteiger partial charge in [0.25, 0.3) is 0 Å². The van der Waals surface area contributed by atoms with Crippen LogP contribution >= 0.6 is 12.2 Å². The Hall–Kier alpha value is -0.960. The highest BCUT2D eigenvalue weighted by Gasteiger charge is 1.98. The number of rotatable bonds is 1. The van der Waals surface area contributed by atoms with Crippen molar-refractivity contribution in [2.75, 3.05) is 0 Å². The van der Waals surface area contributed by atoms with Gasteiger partial charge in [-0.25, -0.2) is 0 Å². The second kappa shape index (κ2) is 2.96. The molecule has 1 heterocycles. The molecule has 0 aliphatic carbocycles. The number of thiocarbonyl (C=S) groups is 1. The van der Waals surface area contributed by atoms with Crippen LogP contribution in [0.25, 0.3) is 0 Å². The molecule has 0 unspecified atom stereocenters. The van der Waals surface area contributed by atoms with Crippen molar-refractivity contribution < 1.29 is 0 Å². The molecule has 0 saturated carbocycles. The predicted octanol–water partition coefficient (Wildman–Crippen LogP) is 1.33. The standard InChI is InChI=1S/C8H10N2S/c1-5-3-6(2)10-7(4-5)8(9)11/h3-4H,1-2H3,(H2,9,11). The van der Waals surface area contributed by atoms with Crippen LogP contribution in [0.1, 0.15) is 17.0 Å². The monoisotopic (exact) mass is 166 g/mol. The van der Waals surface area contributed by atoms with E-state index in [0.717, 1.165) is 11.3 Å². The van der Waals surface area contributed by atoms with E-state index in [1.165, 1.54) is 0 Å². The molecule has 58 valence electrons. The third-order valence-electron chi connectivity index (χ3n) is 1.35. The summed E-state index contributed by atoms with van der Waals surface area (Å²) in [4.78, 5) is 4.53. The number of aromatic nitrogens is 1. The third-order valence-corrected chi connectivity index (χ3v) is 1.56. The highest BCUT2D eigenvalue weighted by atomic mass is 32.1. The topological polar surface area (TPSA) is 38.9 Å². The number of hydrogen-bond donors (Lipinski definition) is 1. The fourth-order valence-corrected chi connectivity index (χ4v) is 1.07. The van der Waals surface area contributed by atoms with Crippen LogP contribution in [0.3, 0.4) is 0 Å². The summed E-state index contributed by atoms with van der Waals surface area (Å²) in [5.74, 6) is 0. The zero-order chi connectivity index (χ0) is 8.43. The molecule has 11 heavy (non-hydrogen) atoms. The van der Waals surface area contributed by atoms with Crippen molar-refractivity contribution in [3.8, 4) is 0 Å². The van der Waals surface area contributed by atoms with Gasteiger partial charge in [0.1, 0.15) is 4.99 Å². The van der Waals surface area contributed by atoms with E-state index < -0.39 is 0 Å². The van der Waals surface area contributed by atoms with Gasteiger partial charge in [-0.15, -0.1) is 0 Å². The molecular formula is C8H10N2S. The number of nitrogens with zero attached hydrogens (tertiary/aromatic N) is 1. The molecule has 2 N–H and O–H groups in total. The molecule has 1 aromatic rings. The summed E-state index contributed by atoms with van der Waals surface area (Å²) in [6.07, 6.45) is 0. The van der Waals surface area contributed by atoms with Crippen LogP contribution in [0, 0.1) is 13.8 Å². The smallest absolute Gasteiger partial charge is 0.122 e. The molecule has 0 radical (unpaired) electrons. The van der Waals surface area contributed by atoms with Crippen LogP contribution in [-0.4, -0.2) is 9.97 Å². The first-order chi connectivity index (χ1) is 5.09. The Kier molecular flexibility index (Phi) is 2.19. The summed E-state index contributed by atoms with van der Waals surface area (Å²) in [7, 11) is 0. The normalized spacial score (nSPS) is 9.64. The molecule has 0 fully saturated rings. The fourth-order valence-electron chi connectivity index (χ4n) is 0.968. The minimum absolute atomic E-state index is 0.358. The number of nitrogens with two attached hydrogens (primary N) is 1. The Morgan fingerprint density at radius 3 is 2.55 bits per heavy atom. The molecule has 0 aromatic carbocycles. The highest BCUT2D eigenvalue weighted by molar-refractivity contribution is 7.80. The Morgan fingerprint density at radius 2 is 2.09 bits per heavy atom. The van der Waals surface area contributed by atoms with Gasteiger partial charge in [-0.05, 0) is 31.5 Å². The van der Waals surface area contributed by atoms with Crippen LogP contribution in [-0.2, 0) is 0 Å². The summed E-state index contributed by atoms with van der Waals surface area (Å²) >= 11 is 4.80. The quantitative estimate of drug-likeness (QED) is 0.640. The molecule has 0 saturated heterocycles. The van der Waals surface area contributed by atoms with E-state index in [4.69, 9.17) is 18.0 Å². The van der Waals surface area contributed by atoms with Crippen molar-refractivity contribution in [1.29, 1.82) is 0 Å². The maximum Gasteiger partial charge on any atom is 0.122 e. The molecule has 1 aromatic heterocycles. The van der Waals surface area contributed by atoms with E-state index in [-0.39, 0.29) is 0 Å². The summed E-state index contributed by atoms with van der Waals surface area (Å²) < 4.78 is 0. The lowest BCUT2D eigenvalue weighted by Gasteiger charge is -2.00. The van der Waals surface area contributed by atoms with Gasteiger partial charge in [-0.2, -0.15) is 0 Å². The van der Waals surface area contributed by atoms with E-state index in [1.54, 1.807) is 0 Å². The first kappa shape index (κ1) is 8.14. The lowest BCUT2D eigenvalue weighted by atomic mass is 10.2. The van der Waals surface area contributed by atoms with E-state index in [1.807, 2.05) is 26.0 Å². The van der Waals surface area contributed by atoms with E-state index in [2.05, 4.69) is 4.98 Å². The summed E-state index contributed by atoms with van der Waals surface area (Å²) in [5, 5.41) is 0. The second-order valence-electron chi connectivity index (χ2n) is 2.54. The maximum absolute atomic E-state index is 5.42. The third kappa shape index (κ3) is 1.98. The molecule has 0 amide bonds. The lowest BCUT2D eigenvalue weighted by molar-refractivity contribution is 1.16. The van der Waals surface area contributed by atoms with Crippen LogP contribution < -0.4 is 5.73 Å². The largest absolute Gasteiger partial charge is 0.388 e.